The van der Waals surface area contributed by atoms with Gasteiger partial charge in [-0.15, -0.1) is 0 Å². The van der Waals surface area contributed by atoms with Crippen LogP contribution in [0.3, 0.4) is 0 Å². The van der Waals surface area contributed by atoms with Gasteiger partial charge in [0.25, 0.3) is 0 Å². The number of rotatable bonds is 2. The van der Waals surface area contributed by atoms with Crippen LogP contribution in [0.15, 0.2) is 0 Å². The van der Waals surface area contributed by atoms with E-state index in [0.29, 0.717) is 5.92 Å². The third-order valence-electron chi connectivity index (χ3n) is 2.75. The second kappa shape index (κ2) is 4.61. The highest BCUT2D eigenvalue weighted by Crippen LogP contribution is 2.17. The monoisotopic (exact) mass is 184 g/mol. The first kappa shape index (κ1) is 10.5. The van der Waals surface area contributed by atoms with Crippen LogP contribution in [0.4, 0.5) is 0 Å². The SMILES string of the molecule is CC(C)C(=O)N1CCC(CN)CC1. The highest BCUT2D eigenvalue weighted by atomic mass is 16.2. The van der Waals surface area contributed by atoms with Crippen LogP contribution in [-0.4, -0.2) is 30.4 Å². The summed E-state index contributed by atoms with van der Waals surface area (Å²) >= 11 is 0. The van der Waals surface area contributed by atoms with Crippen molar-refractivity contribution in [2.45, 2.75) is 26.7 Å². The standard InChI is InChI=1S/C10H20N2O/c1-8(2)10(13)12-5-3-9(7-11)4-6-12/h8-9H,3-7,11H2,1-2H3. The van der Waals surface area contributed by atoms with Gasteiger partial charge in [0.1, 0.15) is 0 Å². The molecule has 3 heteroatoms. The quantitative estimate of drug-likeness (QED) is 0.691. The predicted molar refractivity (Wildman–Crippen MR) is 53.2 cm³/mol. The van der Waals surface area contributed by atoms with E-state index in [0.717, 1.165) is 32.5 Å². The van der Waals surface area contributed by atoms with Gasteiger partial charge in [0.15, 0.2) is 0 Å². The molecule has 0 bridgehead atoms. The Morgan fingerprint density at radius 1 is 1.46 bits per heavy atom. The van der Waals surface area contributed by atoms with Crippen LogP contribution in [0.1, 0.15) is 26.7 Å². The van der Waals surface area contributed by atoms with Crippen LogP contribution in [0.25, 0.3) is 0 Å². The molecule has 1 amide bonds. The number of hydrogen-bond donors (Lipinski definition) is 1. The fourth-order valence-electron chi connectivity index (χ4n) is 1.75. The maximum Gasteiger partial charge on any atom is 0.225 e. The average molecular weight is 184 g/mol. The fourth-order valence-corrected chi connectivity index (χ4v) is 1.75. The summed E-state index contributed by atoms with van der Waals surface area (Å²) < 4.78 is 0. The third-order valence-corrected chi connectivity index (χ3v) is 2.75. The topological polar surface area (TPSA) is 46.3 Å². The molecule has 13 heavy (non-hydrogen) atoms. The third kappa shape index (κ3) is 2.69. The van der Waals surface area contributed by atoms with E-state index in [4.69, 9.17) is 5.73 Å². The maximum absolute atomic E-state index is 11.6. The number of nitrogens with two attached hydrogens (primary N) is 1. The smallest absolute Gasteiger partial charge is 0.225 e. The van der Waals surface area contributed by atoms with Gasteiger partial charge < -0.3 is 10.6 Å². The molecule has 1 aliphatic heterocycles. The lowest BCUT2D eigenvalue weighted by Crippen LogP contribution is -2.41. The number of likely N-dealkylation sites (tertiary alicyclic amines) is 1. The predicted octanol–water partition coefficient (Wildman–Crippen LogP) is 0.840. The van der Waals surface area contributed by atoms with Gasteiger partial charge in [-0.1, -0.05) is 13.8 Å². The highest BCUT2D eigenvalue weighted by molar-refractivity contribution is 5.78. The first-order chi connectivity index (χ1) is 6.15. The maximum atomic E-state index is 11.6. The molecular formula is C10H20N2O. The lowest BCUT2D eigenvalue weighted by Gasteiger charge is -2.32. The summed E-state index contributed by atoms with van der Waals surface area (Å²) in [6.45, 7) is 6.48. The van der Waals surface area contributed by atoms with Crippen molar-refractivity contribution in [3.8, 4) is 0 Å². The molecule has 0 saturated carbocycles. The molecule has 2 N–H and O–H groups in total. The molecule has 0 atom stereocenters. The lowest BCUT2D eigenvalue weighted by atomic mass is 9.96. The molecule has 0 unspecified atom stereocenters. The van der Waals surface area contributed by atoms with Gasteiger partial charge in [0, 0.05) is 19.0 Å². The average Bonchev–Trinajstić information content (AvgIpc) is 2.17. The van der Waals surface area contributed by atoms with Crippen molar-refractivity contribution in [3.05, 3.63) is 0 Å². The van der Waals surface area contributed by atoms with Crippen molar-refractivity contribution in [1.82, 2.24) is 4.90 Å². The Morgan fingerprint density at radius 3 is 2.38 bits per heavy atom. The van der Waals surface area contributed by atoms with E-state index in [1.807, 2.05) is 18.7 Å². The normalized spacial score (nSPS) is 19.5. The molecule has 76 valence electrons. The second-order valence-corrected chi connectivity index (χ2v) is 4.16. The first-order valence-electron chi connectivity index (χ1n) is 5.14. The number of amides is 1. The molecule has 0 aromatic carbocycles. The number of piperidine rings is 1. The van der Waals surface area contributed by atoms with Crippen molar-refractivity contribution in [2.75, 3.05) is 19.6 Å². The molecule has 0 aromatic rings. The number of carbonyl (C=O) groups is 1. The van der Waals surface area contributed by atoms with Crippen LogP contribution in [0.2, 0.25) is 0 Å². The van der Waals surface area contributed by atoms with Gasteiger partial charge in [-0.25, -0.2) is 0 Å². The molecule has 1 aliphatic rings. The zero-order chi connectivity index (χ0) is 9.84. The molecular weight excluding hydrogens is 164 g/mol. The molecule has 0 radical (unpaired) electrons. The Bertz CT molecular complexity index is 172. The molecule has 0 aromatic heterocycles. The van der Waals surface area contributed by atoms with Crippen LogP contribution < -0.4 is 5.73 Å². The highest BCUT2D eigenvalue weighted by Gasteiger charge is 2.23. The summed E-state index contributed by atoms with van der Waals surface area (Å²) in [5.41, 5.74) is 5.58. The zero-order valence-corrected chi connectivity index (χ0v) is 8.62. The molecule has 1 saturated heterocycles. The molecule has 1 rings (SSSR count). The molecule has 0 spiro atoms. The van der Waals surface area contributed by atoms with E-state index in [1.165, 1.54) is 0 Å². The van der Waals surface area contributed by atoms with Crippen LogP contribution in [0.5, 0.6) is 0 Å². The van der Waals surface area contributed by atoms with E-state index < -0.39 is 0 Å². The zero-order valence-electron chi connectivity index (χ0n) is 8.62. The van der Waals surface area contributed by atoms with E-state index in [1.54, 1.807) is 0 Å². The Kier molecular flexibility index (Phi) is 3.72. The minimum atomic E-state index is 0.134. The summed E-state index contributed by atoms with van der Waals surface area (Å²) in [6, 6.07) is 0. The van der Waals surface area contributed by atoms with Crippen LogP contribution in [-0.2, 0) is 4.79 Å². The summed E-state index contributed by atoms with van der Waals surface area (Å²) in [5.74, 6) is 1.06. The van der Waals surface area contributed by atoms with Crippen LogP contribution >= 0.6 is 0 Å². The Morgan fingerprint density at radius 2 is 2.00 bits per heavy atom. The van der Waals surface area contributed by atoms with Gasteiger partial charge >= 0.3 is 0 Å². The van der Waals surface area contributed by atoms with Crippen molar-refractivity contribution in [1.29, 1.82) is 0 Å². The summed E-state index contributed by atoms with van der Waals surface area (Å²) in [7, 11) is 0. The van der Waals surface area contributed by atoms with Crippen molar-refractivity contribution in [2.24, 2.45) is 17.6 Å². The molecule has 1 fully saturated rings. The van der Waals surface area contributed by atoms with Crippen molar-refractivity contribution >= 4 is 5.91 Å². The van der Waals surface area contributed by atoms with Gasteiger partial charge in [0.2, 0.25) is 5.91 Å². The molecule has 3 nitrogen and oxygen atoms in total. The van der Waals surface area contributed by atoms with Crippen molar-refractivity contribution in [3.63, 3.8) is 0 Å². The van der Waals surface area contributed by atoms with E-state index in [9.17, 15) is 4.79 Å². The van der Waals surface area contributed by atoms with Gasteiger partial charge in [-0.2, -0.15) is 0 Å². The summed E-state index contributed by atoms with van der Waals surface area (Å²) in [5, 5.41) is 0. The minimum Gasteiger partial charge on any atom is -0.342 e. The van der Waals surface area contributed by atoms with Crippen LogP contribution in [0, 0.1) is 11.8 Å². The van der Waals surface area contributed by atoms with Gasteiger partial charge in [-0.05, 0) is 25.3 Å². The minimum absolute atomic E-state index is 0.134. The lowest BCUT2D eigenvalue weighted by molar-refractivity contribution is -0.135. The molecule has 0 aliphatic carbocycles. The first-order valence-corrected chi connectivity index (χ1v) is 5.14. The largest absolute Gasteiger partial charge is 0.342 e. The van der Waals surface area contributed by atoms with E-state index >= 15 is 0 Å². The van der Waals surface area contributed by atoms with E-state index in [2.05, 4.69) is 0 Å². The Balaban J connectivity index is 2.36. The fraction of sp³-hybridized carbons (Fsp3) is 0.900. The number of carbonyl (C=O) groups excluding carboxylic acids is 1. The second-order valence-electron chi connectivity index (χ2n) is 4.16. The summed E-state index contributed by atoms with van der Waals surface area (Å²) in [4.78, 5) is 13.6. The Labute approximate surface area is 80.3 Å². The van der Waals surface area contributed by atoms with Gasteiger partial charge in [-0.3, -0.25) is 4.79 Å². The van der Waals surface area contributed by atoms with Gasteiger partial charge in [0.05, 0.1) is 0 Å². The number of nitrogens with zero attached hydrogens (tertiary/aromatic N) is 1. The van der Waals surface area contributed by atoms with E-state index in [-0.39, 0.29) is 11.8 Å². The Hall–Kier alpha value is -0.570. The summed E-state index contributed by atoms with van der Waals surface area (Å²) in [6.07, 6.45) is 2.16. The van der Waals surface area contributed by atoms with Crippen molar-refractivity contribution < 1.29 is 4.79 Å². The number of hydrogen-bond acceptors (Lipinski definition) is 2. The molecule has 1 heterocycles.